The van der Waals surface area contributed by atoms with Crippen LogP contribution in [-0.4, -0.2) is 21.1 Å². The van der Waals surface area contributed by atoms with Crippen LogP contribution in [0.1, 0.15) is 26.5 Å². The fourth-order valence-corrected chi connectivity index (χ4v) is 2.14. The molecule has 1 N–H and O–H groups in total. The fourth-order valence-electron chi connectivity index (χ4n) is 1.69. The molecule has 2 aromatic rings. The third-order valence-electron chi connectivity index (χ3n) is 2.27. The summed E-state index contributed by atoms with van der Waals surface area (Å²) in [6, 6.07) is 1.80. The van der Waals surface area contributed by atoms with E-state index in [-0.39, 0.29) is 0 Å². The predicted octanol–water partition coefficient (Wildman–Crippen LogP) is 3.75. The molecular weight excluding hydrogens is 310 g/mol. The average Bonchev–Trinajstić information content (AvgIpc) is 2.55. The van der Waals surface area contributed by atoms with Gasteiger partial charge in [-0.15, -0.1) is 0 Å². The summed E-state index contributed by atoms with van der Waals surface area (Å²) in [5.74, 6) is 0. The van der Waals surface area contributed by atoms with Gasteiger partial charge in [0.2, 0.25) is 0 Å². The Kier molecular flexibility index (Phi) is 3.54. The number of amides is 1. The van der Waals surface area contributed by atoms with Crippen LogP contribution in [0.4, 0.5) is 10.5 Å². The number of aryl methyl sites for hydroxylation is 1. The van der Waals surface area contributed by atoms with Crippen molar-refractivity contribution in [1.29, 1.82) is 0 Å². The molecule has 0 aliphatic rings. The third kappa shape index (κ3) is 3.47. The molecule has 0 aromatic carbocycles. The number of nitrogens with zero attached hydrogens (tertiary/aromatic N) is 2. The van der Waals surface area contributed by atoms with Crippen LogP contribution in [0.25, 0.3) is 5.65 Å². The molecular formula is C13H16BrN3O2. The molecule has 0 spiro atoms. The summed E-state index contributed by atoms with van der Waals surface area (Å²) >= 11 is 3.40. The number of rotatable bonds is 1. The number of hydrogen-bond acceptors (Lipinski definition) is 3. The molecule has 0 saturated heterocycles. The highest BCUT2D eigenvalue weighted by Crippen LogP contribution is 2.23. The minimum atomic E-state index is -0.530. The molecule has 0 saturated carbocycles. The minimum Gasteiger partial charge on any atom is -0.444 e. The lowest BCUT2D eigenvalue weighted by molar-refractivity contribution is 0.0636. The van der Waals surface area contributed by atoms with E-state index in [1.165, 1.54) is 0 Å². The SMILES string of the molecule is Cc1cn2cc(Br)cc(NC(=O)OC(C)(C)C)c2n1. The standard InChI is InChI=1S/C13H16BrN3O2/c1-8-6-17-7-9(14)5-10(11(17)15-8)16-12(18)19-13(2,3)4/h5-7H,1-4H3,(H,16,18). The predicted molar refractivity (Wildman–Crippen MR) is 77.5 cm³/mol. The van der Waals surface area contributed by atoms with Crippen LogP contribution in [0.15, 0.2) is 22.9 Å². The van der Waals surface area contributed by atoms with E-state index in [2.05, 4.69) is 26.2 Å². The van der Waals surface area contributed by atoms with Crippen LogP contribution in [0.5, 0.6) is 0 Å². The quantitative estimate of drug-likeness (QED) is 0.868. The van der Waals surface area contributed by atoms with Crippen molar-refractivity contribution in [3.05, 3.63) is 28.6 Å². The van der Waals surface area contributed by atoms with Gasteiger partial charge in [-0.2, -0.15) is 0 Å². The van der Waals surface area contributed by atoms with Crippen LogP contribution in [0.2, 0.25) is 0 Å². The van der Waals surface area contributed by atoms with Gasteiger partial charge in [0.05, 0.1) is 11.4 Å². The number of imidazole rings is 1. The second-order valence-corrected chi connectivity index (χ2v) is 6.23. The molecule has 5 nitrogen and oxygen atoms in total. The highest BCUT2D eigenvalue weighted by atomic mass is 79.9. The Morgan fingerprint density at radius 1 is 1.42 bits per heavy atom. The van der Waals surface area contributed by atoms with E-state index in [1.807, 2.05) is 44.5 Å². The number of pyridine rings is 1. The number of nitrogens with one attached hydrogen (secondary N) is 1. The number of anilines is 1. The Morgan fingerprint density at radius 2 is 2.11 bits per heavy atom. The van der Waals surface area contributed by atoms with Gasteiger partial charge in [-0.1, -0.05) is 0 Å². The van der Waals surface area contributed by atoms with Crippen molar-refractivity contribution in [1.82, 2.24) is 9.38 Å². The topological polar surface area (TPSA) is 55.6 Å². The first-order valence-corrected chi connectivity index (χ1v) is 6.69. The summed E-state index contributed by atoms with van der Waals surface area (Å²) in [7, 11) is 0. The molecule has 1 amide bonds. The number of hydrogen-bond donors (Lipinski definition) is 1. The summed E-state index contributed by atoms with van der Waals surface area (Å²) in [6.07, 6.45) is 3.28. The molecule has 0 fully saturated rings. The molecule has 6 heteroatoms. The second-order valence-electron chi connectivity index (χ2n) is 5.31. The van der Waals surface area contributed by atoms with Crippen LogP contribution in [0, 0.1) is 6.92 Å². The van der Waals surface area contributed by atoms with Crippen LogP contribution in [0.3, 0.4) is 0 Å². The first-order valence-electron chi connectivity index (χ1n) is 5.89. The smallest absolute Gasteiger partial charge is 0.412 e. The zero-order valence-electron chi connectivity index (χ0n) is 11.3. The van der Waals surface area contributed by atoms with Crippen molar-refractivity contribution in [3.8, 4) is 0 Å². The van der Waals surface area contributed by atoms with Crippen molar-refractivity contribution >= 4 is 33.4 Å². The minimum absolute atomic E-state index is 0.492. The van der Waals surface area contributed by atoms with E-state index in [9.17, 15) is 4.79 Å². The molecule has 19 heavy (non-hydrogen) atoms. The molecule has 0 radical (unpaired) electrons. The largest absolute Gasteiger partial charge is 0.444 e. The van der Waals surface area contributed by atoms with E-state index in [0.717, 1.165) is 10.2 Å². The number of aromatic nitrogens is 2. The number of carbonyl (C=O) groups is 1. The van der Waals surface area contributed by atoms with Crippen molar-refractivity contribution in [2.45, 2.75) is 33.3 Å². The molecule has 2 heterocycles. The molecule has 102 valence electrons. The van der Waals surface area contributed by atoms with E-state index in [4.69, 9.17) is 4.74 Å². The van der Waals surface area contributed by atoms with Gasteiger partial charge in [-0.3, -0.25) is 5.32 Å². The molecule has 0 bridgehead atoms. The fraction of sp³-hybridized carbons (Fsp3) is 0.385. The maximum Gasteiger partial charge on any atom is 0.412 e. The average molecular weight is 326 g/mol. The number of fused-ring (bicyclic) bond motifs is 1. The Balaban J connectivity index is 2.32. The maximum absolute atomic E-state index is 11.8. The Morgan fingerprint density at radius 3 is 2.74 bits per heavy atom. The van der Waals surface area contributed by atoms with E-state index in [0.29, 0.717) is 11.3 Å². The van der Waals surface area contributed by atoms with Gasteiger partial charge in [-0.25, -0.2) is 9.78 Å². The summed E-state index contributed by atoms with van der Waals surface area (Å²) < 4.78 is 7.94. The zero-order valence-corrected chi connectivity index (χ0v) is 12.9. The van der Waals surface area contributed by atoms with Crippen molar-refractivity contribution in [3.63, 3.8) is 0 Å². The van der Waals surface area contributed by atoms with Crippen LogP contribution in [-0.2, 0) is 4.74 Å². The molecule has 0 aliphatic carbocycles. The highest BCUT2D eigenvalue weighted by Gasteiger charge is 2.17. The Bertz CT molecular complexity index is 629. The normalized spacial score (nSPS) is 11.6. The molecule has 0 atom stereocenters. The maximum atomic E-state index is 11.8. The number of halogens is 1. The van der Waals surface area contributed by atoms with Gasteiger partial charge < -0.3 is 9.14 Å². The van der Waals surface area contributed by atoms with Gasteiger partial charge in [0.1, 0.15) is 5.60 Å². The molecule has 2 aromatic heterocycles. The summed E-state index contributed by atoms with van der Waals surface area (Å²) in [5, 5.41) is 2.72. The number of ether oxygens (including phenoxy) is 1. The number of carbonyl (C=O) groups excluding carboxylic acids is 1. The summed E-state index contributed by atoms with van der Waals surface area (Å²) in [6.45, 7) is 7.37. The second kappa shape index (κ2) is 4.85. The lowest BCUT2D eigenvalue weighted by atomic mass is 10.2. The van der Waals surface area contributed by atoms with Gasteiger partial charge in [-0.05, 0) is 49.7 Å². The van der Waals surface area contributed by atoms with Gasteiger partial charge in [0, 0.05) is 16.9 Å². The van der Waals surface area contributed by atoms with E-state index in [1.54, 1.807) is 6.07 Å². The summed E-state index contributed by atoms with van der Waals surface area (Å²) in [4.78, 5) is 16.2. The van der Waals surface area contributed by atoms with E-state index >= 15 is 0 Å². The van der Waals surface area contributed by atoms with Crippen molar-refractivity contribution in [2.24, 2.45) is 0 Å². The first kappa shape index (κ1) is 13.9. The van der Waals surface area contributed by atoms with Gasteiger partial charge in [0.15, 0.2) is 5.65 Å². The third-order valence-corrected chi connectivity index (χ3v) is 2.71. The first-order chi connectivity index (χ1) is 8.74. The van der Waals surface area contributed by atoms with Gasteiger partial charge >= 0.3 is 6.09 Å². The van der Waals surface area contributed by atoms with Crippen LogP contribution < -0.4 is 5.32 Å². The lowest BCUT2D eigenvalue weighted by Crippen LogP contribution is -2.27. The van der Waals surface area contributed by atoms with E-state index < -0.39 is 11.7 Å². The van der Waals surface area contributed by atoms with Crippen molar-refractivity contribution in [2.75, 3.05) is 5.32 Å². The lowest BCUT2D eigenvalue weighted by Gasteiger charge is -2.19. The van der Waals surface area contributed by atoms with Gasteiger partial charge in [0.25, 0.3) is 0 Å². The molecule has 2 rings (SSSR count). The van der Waals surface area contributed by atoms with Crippen molar-refractivity contribution < 1.29 is 9.53 Å². The molecule has 0 aliphatic heterocycles. The highest BCUT2D eigenvalue weighted by molar-refractivity contribution is 9.10. The molecule has 0 unspecified atom stereocenters. The van der Waals surface area contributed by atoms with Crippen LogP contribution >= 0.6 is 15.9 Å². The monoisotopic (exact) mass is 325 g/mol. The Hall–Kier alpha value is -1.56. The summed E-state index contributed by atoms with van der Waals surface area (Å²) in [5.41, 5.74) is 1.64. The Labute approximate surface area is 120 Å². The zero-order chi connectivity index (χ0) is 14.2.